The molecule has 1 rings (SSSR count). The Morgan fingerprint density at radius 1 is 1.39 bits per heavy atom. The highest BCUT2D eigenvalue weighted by atomic mass is 19.3. The van der Waals surface area contributed by atoms with Gasteiger partial charge >= 0.3 is 0 Å². The number of halogens is 2. The van der Waals surface area contributed by atoms with Gasteiger partial charge in [-0.2, -0.15) is 5.26 Å². The second-order valence-electron chi connectivity index (χ2n) is 3.45. The second-order valence-corrected chi connectivity index (χ2v) is 3.45. The third-order valence-corrected chi connectivity index (χ3v) is 2.12. The van der Waals surface area contributed by atoms with Crippen molar-refractivity contribution in [3.05, 3.63) is 41.2 Å². The molecule has 0 bridgehead atoms. The van der Waals surface area contributed by atoms with Crippen LogP contribution in [0.4, 0.5) is 14.5 Å². The van der Waals surface area contributed by atoms with Crippen LogP contribution in [0.2, 0.25) is 0 Å². The zero-order valence-electron chi connectivity index (χ0n) is 9.45. The van der Waals surface area contributed by atoms with Gasteiger partial charge in [0, 0.05) is 11.3 Å². The Bertz CT molecular complexity index is 512. The van der Waals surface area contributed by atoms with E-state index in [2.05, 4.69) is 5.32 Å². The van der Waals surface area contributed by atoms with Crippen LogP contribution >= 0.6 is 0 Å². The predicted molar refractivity (Wildman–Crippen MR) is 61.0 cm³/mol. The number of benzene rings is 1. The summed E-state index contributed by atoms with van der Waals surface area (Å²) in [6.45, 7) is 1.21. The lowest BCUT2D eigenvalue weighted by Gasteiger charge is -2.05. The molecule has 0 unspecified atom stereocenters. The number of carbonyl (C=O) groups excluding carboxylic acids is 1. The van der Waals surface area contributed by atoms with Gasteiger partial charge < -0.3 is 10.4 Å². The number of hydrogen-bond donors (Lipinski definition) is 2. The van der Waals surface area contributed by atoms with Crippen LogP contribution in [0.3, 0.4) is 0 Å². The first-order chi connectivity index (χ1) is 8.45. The van der Waals surface area contributed by atoms with Gasteiger partial charge in [0.2, 0.25) is 0 Å². The summed E-state index contributed by atoms with van der Waals surface area (Å²) in [5.41, 5.74) is -0.325. The fourth-order valence-electron chi connectivity index (χ4n) is 1.20. The normalized spacial score (nSPS) is 11.7. The topological polar surface area (TPSA) is 73.1 Å². The van der Waals surface area contributed by atoms with Crippen LogP contribution in [0.5, 0.6) is 0 Å². The van der Waals surface area contributed by atoms with Crippen molar-refractivity contribution in [3.63, 3.8) is 0 Å². The van der Waals surface area contributed by atoms with E-state index in [1.54, 1.807) is 6.07 Å². The molecule has 94 valence electrons. The molecule has 4 nitrogen and oxygen atoms in total. The second kappa shape index (κ2) is 5.77. The summed E-state index contributed by atoms with van der Waals surface area (Å²) in [6.07, 6.45) is -2.58. The molecule has 18 heavy (non-hydrogen) atoms. The van der Waals surface area contributed by atoms with E-state index in [9.17, 15) is 13.6 Å². The van der Waals surface area contributed by atoms with E-state index >= 15 is 0 Å². The Morgan fingerprint density at radius 3 is 2.33 bits per heavy atom. The zero-order chi connectivity index (χ0) is 13.7. The number of anilines is 1. The van der Waals surface area contributed by atoms with Crippen LogP contribution in [0.1, 0.15) is 18.9 Å². The first kappa shape index (κ1) is 13.6. The zero-order valence-corrected chi connectivity index (χ0v) is 9.45. The number of aliphatic hydroxyl groups is 1. The summed E-state index contributed by atoms with van der Waals surface area (Å²) in [5, 5.41) is 20.0. The van der Waals surface area contributed by atoms with Gasteiger partial charge in [0.25, 0.3) is 12.3 Å². The van der Waals surface area contributed by atoms with Crippen LogP contribution < -0.4 is 5.32 Å². The third-order valence-electron chi connectivity index (χ3n) is 2.12. The highest BCUT2D eigenvalue weighted by molar-refractivity contribution is 6.06. The molecule has 1 amide bonds. The van der Waals surface area contributed by atoms with Gasteiger partial charge in [-0.15, -0.1) is 0 Å². The summed E-state index contributed by atoms with van der Waals surface area (Å²) in [7, 11) is 0. The number of rotatable bonds is 3. The molecule has 0 aromatic heterocycles. The van der Waals surface area contributed by atoms with Gasteiger partial charge in [-0.3, -0.25) is 4.79 Å². The largest absolute Gasteiger partial charge is 0.511 e. The van der Waals surface area contributed by atoms with Gasteiger partial charge in [0.1, 0.15) is 11.8 Å². The molecule has 1 aromatic carbocycles. The molecule has 1 aromatic rings. The summed E-state index contributed by atoms with van der Waals surface area (Å²) in [5.74, 6) is -1.19. The van der Waals surface area contributed by atoms with E-state index in [1.165, 1.54) is 31.2 Å². The molecule has 0 aliphatic rings. The van der Waals surface area contributed by atoms with Crippen molar-refractivity contribution in [1.29, 1.82) is 5.26 Å². The first-order valence-corrected chi connectivity index (χ1v) is 4.95. The van der Waals surface area contributed by atoms with Crippen LogP contribution in [-0.2, 0) is 4.79 Å². The molecule has 0 atom stereocenters. The molecular weight excluding hydrogens is 242 g/mol. The number of hydrogen-bond acceptors (Lipinski definition) is 3. The highest BCUT2D eigenvalue weighted by Crippen LogP contribution is 2.20. The van der Waals surface area contributed by atoms with E-state index in [1.807, 2.05) is 0 Å². The number of alkyl halides is 2. The fraction of sp³-hybridized carbons (Fsp3) is 0.167. The third kappa shape index (κ3) is 3.28. The van der Waals surface area contributed by atoms with Gasteiger partial charge in [0.05, 0.1) is 0 Å². The standard InChI is InChI=1S/C12H10F2N2O2/c1-7(17)10(6-15)12(18)16-9-4-2-8(3-5-9)11(13)14/h2-5,11,17H,1H3,(H,16,18)/b10-7-. The van der Waals surface area contributed by atoms with E-state index in [-0.39, 0.29) is 11.3 Å². The average molecular weight is 252 g/mol. The van der Waals surface area contributed by atoms with Crippen molar-refractivity contribution in [1.82, 2.24) is 0 Å². The summed E-state index contributed by atoms with van der Waals surface area (Å²) < 4.78 is 24.6. The summed E-state index contributed by atoms with van der Waals surface area (Å²) >= 11 is 0. The number of nitrogens with one attached hydrogen (secondary N) is 1. The number of nitriles is 1. The quantitative estimate of drug-likeness (QED) is 0.493. The first-order valence-electron chi connectivity index (χ1n) is 4.95. The van der Waals surface area contributed by atoms with Gasteiger partial charge in [-0.05, 0) is 19.1 Å². The van der Waals surface area contributed by atoms with Gasteiger partial charge in [-0.1, -0.05) is 12.1 Å². The Kier molecular flexibility index (Phi) is 4.38. The minimum absolute atomic E-state index is 0.164. The van der Waals surface area contributed by atoms with E-state index in [0.717, 1.165) is 0 Å². The van der Waals surface area contributed by atoms with E-state index < -0.39 is 23.7 Å². The number of nitrogens with zero attached hydrogens (tertiary/aromatic N) is 1. The van der Waals surface area contributed by atoms with Gasteiger partial charge in [0.15, 0.2) is 5.57 Å². The molecular formula is C12H10F2N2O2. The smallest absolute Gasteiger partial charge is 0.269 e. The van der Waals surface area contributed by atoms with Crippen LogP contribution in [0.25, 0.3) is 0 Å². The molecule has 0 aliphatic heterocycles. The molecule has 0 saturated carbocycles. The molecule has 0 spiro atoms. The molecule has 6 heteroatoms. The van der Waals surface area contributed by atoms with Crippen molar-refractivity contribution in [2.75, 3.05) is 5.32 Å². The highest BCUT2D eigenvalue weighted by Gasteiger charge is 2.13. The van der Waals surface area contributed by atoms with Crippen LogP contribution in [0, 0.1) is 11.3 Å². The maximum absolute atomic E-state index is 12.3. The van der Waals surface area contributed by atoms with Gasteiger partial charge in [-0.25, -0.2) is 8.78 Å². The van der Waals surface area contributed by atoms with Crippen molar-refractivity contribution >= 4 is 11.6 Å². The predicted octanol–water partition coefficient (Wildman–Crippen LogP) is 2.92. The average Bonchev–Trinajstić information content (AvgIpc) is 2.29. The van der Waals surface area contributed by atoms with Crippen molar-refractivity contribution in [2.24, 2.45) is 0 Å². The molecule has 0 heterocycles. The summed E-state index contributed by atoms with van der Waals surface area (Å²) in [6, 6.07) is 6.47. The Hall–Kier alpha value is -2.42. The van der Waals surface area contributed by atoms with E-state index in [4.69, 9.17) is 10.4 Å². The molecule has 0 fully saturated rings. The maximum Gasteiger partial charge on any atom is 0.269 e. The minimum Gasteiger partial charge on any atom is -0.511 e. The van der Waals surface area contributed by atoms with Crippen LogP contribution in [-0.4, -0.2) is 11.0 Å². The number of carbonyl (C=O) groups is 1. The number of amides is 1. The minimum atomic E-state index is -2.58. The lowest BCUT2D eigenvalue weighted by atomic mass is 10.2. The van der Waals surface area contributed by atoms with Crippen molar-refractivity contribution in [3.8, 4) is 6.07 Å². The maximum atomic E-state index is 12.3. The SMILES string of the molecule is C/C(O)=C(\C#N)C(=O)Nc1ccc(C(F)F)cc1. The molecule has 0 saturated heterocycles. The Morgan fingerprint density at radius 2 is 1.94 bits per heavy atom. The van der Waals surface area contributed by atoms with E-state index in [0.29, 0.717) is 0 Å². The molecule has 2 N–H and O–H groups in total. The van der Waals surface area contributed by atoms with Crippen molar-refractivity contribution in [2.45, 2.75) is 13.3 Å². The molecule has 0 radical (unpaired) electrons. The molecule has 0 aliphatic carbocycles. The number of aliphatic hydroxyl groups excluding tert-OH is 1. The fourth-order valence-corrected chi connectivity index (χ4v) is 1.20. The van der Waals surface area contributed by atoms with Crippen LogP contribution in [0.15, 0.2) is 35.6 Å². The summed E-state index contributed by atoms with van der Waals surface area (Å²) in [4.78, 5) is 11.5. The lowest BCUT2D eigenvalue weighted by molar-refractivity contribution is -0.112. The monoisotopic (exact) mass is 252 g/mol. The van der Waals surface area contributed by atoms with Crippen molar-refractivity contribution < 1.29 is 18.7 Å². The Balaban J connectivity index is 2.84. The lowest BCUT2D eigenvalue weighted by Crippen LogP contribution is -2.14. The Labute approximate surface area is 102 Å². The number of allylic oxidation sites excluding steroid dienone is 1.